The molecule has 0 unspecified atom stereocenters. The molecular formula is C26H29F2N5O2. The lowest BCUT2D eigenvalue weighted by Gasteiger charge is -2.32. The van der Waals surface area contributed by atoms with Crippen molar-refractivity contribution in [3.8, 4) is 11.3 Å². The second-order valence-corrected chi connectivity index (χ2v) is 9.53. The molecule has 4 heterocycles. The molecule has 1 amide bonds. The SMILES string of the molecule is Cc1cc(-c2[nH]c3ccc(C4CCN(C(=O)C[C@H](C)O)CC4)cc3c2CC(F)F)cn2ncnc12. The van der Waals surface area contributed by atoms with Crippen molar-refractivity contribution >= 4 is 22.5 Å². The van der Waals surface area contributed by atoms with Gasteiger partial charge in [-0.2, -0.15) is 5.10 Å². The van der Waals surface area contributed by atoms with Gasteiger partial charge in [-0.05, 0) is 67.5 Å². The molecule has 1 aliphatic heterocycles. The molecule has 0 bridgehead atoms. The molecule has 0 spiro atoms. The largest absolute Gasteiger partial charge is 0.393 e. The Morgan fingerprint density at radius 1 is 1.26 bits per heavy atom. The Hall–Kier alpha value is -3.33. The molecule has 0 saturated carbocycles. The number of piperidine rings is 1. The molecule has 1 aliphatic rings. The number of amides is 1. The summed E-state index contributed by atoms with van der Waals surface area (Å²) in [7, 11) is 0. The minimum Gasteiger partial charge on any atom is -0.393 e. The number of aliphatic hydroxyl groups excluding tert-OH is 1. The smallest absolute Gasteiger partial charge is 0.242 e. The fraction of sp³-hybridized carbons (Fsp3) is 0.423. The highest BCUT2D eigenvalue weighted by Crippen LogP contribution is 2.36. The Morgan fingerprint density at radius 2 is 2.03 bits per heavy atom. The van der Waals surface area contributed by atoms with E-state index in [1.165, 1.54) is 6.33 Å². The van der Waals surface area contributed by atoms with E-state index >= 15 is 0 Å². The first-order chi connectivity index (χ1) is 16.8. The molecule has 9 heteroatoms. The molecular weight excluding hydrogens is 452 g/mol. The van der Waals surface area contributed by atoms with E-state index in [0.29, 0.717) is 24.3 Å². The summed E-state index contributed by atoms with van der Waals surface area (Å²) < 4.78 is 29.0. The minimum atomic E-state index is -2.48. The number of aryl methyl sites for hydroxylation is 1. The van der Waals surface area contributed by atoms with Crippen molar-refractivity contribution in [3.63, 3.8) is 0 Å². The lowest BCUT2D eigenvalue weighted by Crippen LogP contribution is -2.39. The zero-order valence-electron chi connectivity index (χ0n) is 19.8. The molecule has 1 atom stereocenters. The van der Waals surface area contributed by atoms with Crippen molar-refractivity contribution in [3.05, 3.63) is 53.5 Å². The van der Waals surface area contributed by atoms with Gasteiger partial charge in [-0.3, -0.25) is 4.79 Å². The molecule has 3 aromatic heterocycles. The molecule has 0 radical (unpaired) electrons. The van der Waals surface area contributed by atoms with Crippen molar-refractivity contribution in [1.82, 2.24) is 24.5 Å². The van der Waals surface area contributed by atoms with Crippen LogP contribution in [0.1, 0.15) is 48.8 Å². The van der Waals surface area contributed by atoms with Crippen molar-refractivity contribution in [2.75, 3.05) is 13.1 Å². The molecule has 5 rings (SSSR count). The maximum atomic E-state index is 13.7. The number of pyridine rings is 1. The van der Waals surface area contributed by atoms with Crippen LogP contribution in [0.5, 0.6) is 0 Å². The average molecular weight is 482 g/mol. The molecule has 1 fully saturated rings. The zero-order chi connectivity index (χ0) is 24.7. The van der Waals surface area contributed by atoms with E-state index in [9.17, 15) is 18.7 Å². The van der Waals surface area contributed by atoms with Crippen molar-refractivity contribution < 1.29 is 18.7 Å². The van der Waals surface area contributed by atoms with Crippen LogP contribution in [0.25, 0.3) is 27.8 Å². The number of hydrogen-bond acceptors (Lipinski definition) is 4. The van der Waals surface area contributed by atoms with Gasteiger partial charge in [0.05, 0.1) is 18.2 Å². The number of halogens is 2. The van der Waals surface area contributed by atoms with Crippen molar-refractivity contribution in [2.24, 2.45) is 0 Å². The second kappa shape index (κ2) is 9.37. The monoisotopic (exact) mass is 481 g/mol. The molecule has 0 aliphatic carbocycles. The quantitative estimate of drug-likeness (QED) is 0.426. The second-order valence-electron chi connectivity index (χ2n) is 9.53. The number of fused-ring (bicyclic) bond motifs is 2. The number of nitrogens with zero attached hydrogens (tertiary/aromatic N) is 4. The lowest BCUT2D eigenvalue weighted by molar-refractivity contribution is -0.134. The van der Waals surface area contributed by atoms with Gasteiger partial charge in [-0.25, -0.2) is 18.3 Å². The number of nitrogens with one attached hydrogen (secondary N) is 1. The third-order valence-electron chi connectivity index (χ3n) is 6.93. The number of carbonyl (C=O) groups excluding carboxylic acids is 1. The summed E-state index contributed by atoms with van der Waals surface area (Å²) in [4.78, 5) is 21.7. The molecule has 35 heavy (non-hydrogen) atoms. The van der Waals surface area contributed by atoms with Crippen LogP contribution in [0.15, 0.2) is 36.8 Å². The van der Waals surface area contributed by atoms with Crippen LogP contribution in [0.2, 0.25) is 0 Å². The normalized spacial score (nSPS) is 16.0. The summed E-state index contributed by atoms with van der Waals surface area (Å²) in [5, 5.41) is 14.5. The molecule has 2 N–H and O–H groups in total. The summed E-state index contributed by atoms with van der Waals surface area (Å²) in [5.41, 5.74) is 5.64. The van der Waals surface area contributed by atoms with Gasteiger partial charge in [0.15, 0.2) is 5.65 Å². The van der Waals surface area contributed by atoms with Crippen LogP contribution in [0, 0.1) is 6.92 Å². The van der Waals surface area contributed by atoms with Crippen LogP contribution >= 0.6 is 0 Å². The van der Waals surface area contributed by atoms with E-state index < -0.39 is 12.5 Å². The number of aromatic nitrogens is 4. The minimum absolute atomic E-state index is 0.0250. The fourth-order valence-corrected chi connectivity index (χ4v) is 5.21. The molecule has 1 aromatic carbocycles. The van der Waals surface area contributed by atoms with Gasteiger partial charge < -0.3 is 15.0 Å². The maximum absolute atomic E-state index is 13.7. The Kier molecular flexibility index (Phi) is 6.27. The van der Waals surface area contributed by atoms with Gasteiger partial charge >= 0.3 is 0 Å². The van der Waals surface area contributed by atoms with Gasteiger partial charge in [0.25, 0.3) is 0 Å². The maximum Gasteiger partial charge on any atom is 0.242 e. The Bertz CT molecular complexity index is 1370. The third-order valence-corrected chi connectivity index (χ3v) is 6.93. The average Bonchev–Trinajstić information content (AvgIpc) is 3.43. The summed E-state index contributed by atoms with van der Waals surface area (Å²) in [6, 6.07) is 8.00. The van der Waals surface area contributed by atoms with Crippen LogP contribution in [0.4, 0.5) is 8.78 Å². The standard InChI is InChI=1S/C26H29F2N5O2/c1-15-9-19(13-33-26(15)29-14-30-33)25-21(12-23(27)28)20-11-18(3-4-22(20)31-25)17-5-7-32(8-6-17)24(35)10-16(2)34/h3-4,9,11,13-14,16-17,23,31,34H,5-8,10,12H2,1-2H3/t16-/m0/s1. The predicted octanol–water partition coefficient (Wildman–Crippen LogP) is 4.47. The van der Waals surface area contributed by atoms with Gasteiger partial charge in [0.2, 0.25) is 12.3 Å². The number of benzene rings is 1. The van der Waals surface area contributed by atoms with Gasteiger partial charge in [0.1, 0.15) is 6.33 Å². The van der Waals surface area contributed by atoms with Crippen LogP contribution < -0.4 is 0 Å². The lowest BCUT2D eigenvalue weighted by atomic mass is 9.88. The first-order valence-corrected chi connectivity index (χ1v) is 12.0. The van der Waals surface area contributed by atoms with E-state index in [2.05, 4.69) is 21.1 Å². The summed E-state index contributed by atoms with van der Waals surface area (Å²) in [6.07, 6.45) is 1.58. The van der Waals surface area contributed by atoms with Crippen LogP contribution in [0.3, 0.4) is 0 Å². The number of rotatable bonds is 6. The summed E-state index contributed by atoms with van der Waals surface area (Å²) in [5.74, 6) is 0.226. The number of aromatic amines is 1. The van der Waals surface area contributed by atoms with Crippen molar-refractivity contribution in [2.45, 2.75) is 58.0 Å². The first kappa shape index (κ1) is 23.4. The Balaban J connectivity index is 1.47. The highest BCUT2D eigenvalue weighted by Gasteiger charge is 2.26. The van der Waals surface area contributed by atoms with Gasteiger partial charge in [-0.15, -0.1) is 0 Å². The van der Waals surface area contributed by atoms with E-state index in [-0.39, 0.29) is 24.7 Å². The number of carbonyl (C=O) groups is 1. The number of likely N-dealkylation sites (tertiary alicyclic amines) is 1. The van der Waals surface area contributed by atoms with E-state index in [1.807, 2.05) is 31.3 Å². The topological polar surface area (TPSA) is 86.5 Å². The van der Waals surface area contributed by atoms with E-state index in [0.717, 1.165) is 46.1 Å². The van der Waals surface area contributed by atoms with Crippen molar-refractivity contribution in [1.29, 1.82) is 0 Å². The third kappa shape index (κ3) is 4.65. The molecule has 184 valence electrons. The number of alkyl halides is 2. The molecule has 7 nitrogen and oxygen atoms in total. The first-order valence-electron chi connectivity index (χ1n) is 12.0. The highest BCUT2D eigenvalue weighted by molar-refractivity contribution is 5.91. The zero-order valence-corrected chi connectivity index (χ0v) is 19.8. The molecule has 4 aromatic rings. The highest BCUT2D eigenvalue weighted by atomic mass is 19.3. The van der Waals surface area contributed by atoms with Gasteiger partial charge in [-0.1, -0.05) is 6.07 Å². The number of aliphatic hydroxyl groups is 1. The van der Waals surface area contributed by atoms with Gasteiger partial charge in [0, 0.05) is 42.2 Å². The Morgan fingerprint density at radius 3 is 2.74 bits per heavy atom. The summed E-state index contributed by atoms with van der Waals surface area (Å²) in [6.45, 7) is 4.81. The predicted molar refractivity (Wildman–Crippen MR) is 130 cm³/mol. The van der Waals surface area contributed by atoms with E-state index in [1.54, 1.807) is 16.3 Å². The van der Waals surface area contributed by atoms with Crippen LogP contribution in [-0.2, 0) is 11.2 Å². The number of hydrogen-bond donors (Lipinski definition) is 2. The molecule has 1 saturated heterocycles. The van der Waals surface area contributed by atoms with E-state index in [4.69, 9.17) is 0 Å². The number of H-pyrrole nitrogens is 1. The fourth-order valence-electron chi connectivity index (χ4n) is 5.21. The summed E-state index contributed by atoms with van der Waals surface area (Å²) >= 11 is 0. The van der Waals surface area contributed by atoms with Crippen LogP contribution in [-0.4, -0.2) is 61.1 Å². The Labute approximate surface area is 201 Å².